The molecule has 16 heteroatoms. The van der Waals surface area contributed by atoms with Gasteiger partial charge in [0.25, 0.3) is 0 Å². The minimum Gasteiger partial charge on any atom is -0.494 e. The van der Waals surface area contributed by atoms with Crippen molar-refractivity contribution < 1.29 is 75.8 Å². The number of hydrogen-bond donors (Lipinski definition) is 0. The average Bonchev–Trinajstić information content (AvgIpc) is 0.827. The number of benzene rings is 8. The third-order valence-electron chi connectivity index (χ3n) is 29.7. The summed E-state index contributed by atoms with van der Waals surface area (Å²) in [5.41, 5.74) is 12.2. The molecule has 16 rings (SSSR count). The van der Waals surface area contributed by atoms with Gasteiger partial charge in [0, 0.05) is 43.3 Å². The van der Waals surface area contributed by atoms with Crippen LogP contribution >= 0.6 is 0 Å². The predicted octanol–water partition coefficient (Wildman–Crippen LogP) is 36.6. The zero-order valence-electron chi connectivity index (χ0n) is 99.0. The molecule has 150 heavy (non-hydrogen) atoms. The largest absolute Gasteiger partial charge is 0.494 e. The molecule has 8 aliphatic heterocycles. The summed E-state index contributed by atoms with van der Waals surface area (Å²) in [7, 11) is 0. The number of rotatable bonds is 49. The highest BCUT2D eigenvalue weighted by molar-refractivity contribution is 5.38. The van der Waals surface area contributed by atoms with Crippen molar-refractivity contribution in [2.75, 3.05) is 99.1 Å². The molecule has 8 aromatic rings. The maximum absolute atomic E-state index is 5.95. The summed E-state index contributed by atoms with van der Waals surface area (Å²) in [6, 6.07) is 67.0. The van der Waals surface area contributed by atoms with Crippen LogP contribution in [0.1, 0.15) is 429 Å². The standard InChI is InChI=1S/2C19H30O2.2C17H26O2.2C16H24O2.2C15H22O2/c1-5-7-8-15(6-2)13-20-17-11-9-16(10-12-17)18-19(3,4)14-21-18;1-4-5-6-7-8-9-14-20-17-12-10-16(11-13-17)18-19(2,3)15-21-18;1-12(2)10-13(3)19-15-8-6-14(7-9-15)16-17(4,5)11-18-16;1-4-5-6-7-12-18-15-10-8-14(9-11-15)16-17(2,3)13-19-16;1-12(2)9-10-17-14-7-5-13(6-8-14)15-16(3,4)11-18-15;1-4-5-6-11-17-14-9-7-13(8-10-14)15-16(2,3)12-18-15;1-11(2)9-16-13-7-5-12(6-8-13)14-15(3,4)10-17-14;1-4-5-10-16-13-8-6-12(7-9-13)14-15(2,3)11-17-14/h9-12,15,18H,5-8,13-14H2,1-4H3;10-13,18H,4-9,14-15H2,1-3H3;6-9,12-13,16H,10-11H2,1-5H3;8-11,16H,4-7,12-13H2,1-3H3;5-8,12,15H,9-11H2,1-4H3;7-10,15H,4-6,11-12H2,1-3H3;5-8,11,14H,9-10H2,1-4H3;6-9,14H,4-5,10-11H2,1-3H3. The Morgan fingerprint density at radius 3 is 0.640 bits per heavy atom. The lowest BCUT2D eigenvalue weighted by Gasteiger charge is -2.44. The van der Waals surface area contributed by atoms with Crippen molar-refractivity contribution in [2.24, 2.45) is 67.0 Å². The van der Waals surface area contributed by atoms with Crippen molar-refractivity contribution in [1.82, 2.24) is 0 Å². The highest BCUT2D eigenvalue weighted by Gasteiger charge is 2.47. The molecule has 8 heterocycles. The Balaban J connectivity index is 0.000000190. The Bertz CT molecular complexity index is 4960. The van der Waals surface area contributed by atoms with E-state index in [4.69, 9.17) is 75.8 Å². The van der Waals surface area contributed by atoms with E-state index in [9.17, 15) is 0 Å². The molecule has 0 aliphatic carbocycles. The molecule has 0 spiro atoms. The van der Waals surface area contributed by atoms with Gasteiger partial charge in [0.05, 0.1) is 154 Å². The van der Waals surface area contributed by atoms with Gasteiger partial charge in [-0.15, -0.1) is 0 Å². The monoisotopic (exact) mass is 2070 g/mol. The molecule has 16 nitrogen and oxygen atoms in total. The molecular formula is C134H204O16. The first-order valence-electron chi connectivity index (χ1n) is 58.2. The van der Waals surface area contributed by atoms with E-state index >= 15 is 0 Å². The van der Waals surface area contributed by atoms with Gasteiger partial charge in [-0.05, 0) is 217 Å². The second-order valence-corrected chi connectivity index (χ2v) is 50.3. The van der Waals surface area contributed by atoms with Crippen LogP contribution in [0.4, 0.5) is 0 Å². The Morgan fingerprint density at radius 1 is 0.213 bits per heavy atom. The second-order valence-electron chi connectivity index (χ2n) is 50.3. The van der Waals surface area contributed by atoms with Crippen molar-refractivity contribution in [2.45, 2.75) is 391 Å². The first-order valence-corrected chi connectivity index (χ1v) is 58.2. The molecule has 10 atom stereocenters. The SMILES string of the molecule is CC(C)CC(C)Oc1ccc(C2OCC2(C)C)cc1.CC(C)CCOc1ccc(C2OCC2(C)C)cc1.CC(C)COc1ccc(C2OCC2(C)C)cc1.CCCCC(CC)COc1ccc(C2OCC2(C)C)cc1.CCCCCCCCOc1ccc(C2OCC2(C)C)cc1.CCCCCCOc1ccc(C2OCC2(C)C)cc1.CCCCCOc1ccc(C2OCC2(C)C)cc1.CCCCOc1ccc(C2OCC2(C)C)cc1. The summed E-state index contributed by atoms with van der Waals surface area (Å²) in [4.78, 5) is 0. The van der Waals surface area contributed by atoms with Crippen molar-refractivity contribution in [3.8, 4) is 46.0 Å². The highest BCUT2D eigenvalue weighted by atomic mass is 16.5. The molecule has 0 N–H and O–H groups in total. The van der Waals surface area contributed by atoms with E-state index in [1.54, 1.807) is 0 Å². The van der Waals surface area contributed by atoms with Crippen molar-refractivity contribution >= 4 is 0 Å². The minimum atomic E-state index is 0.231. The lowest BCUT2D eigenvalue weighted by atomic mass is 9.79. The molecule has 0 bridgehead atoms. The van der Waals surface area contributed by atoms with Gasteiger partial charge in [-0.2, -0.15) is 0 Å². The van der Waals surface area contributed by atoms with Crippen molar-refractivity contribution in [3.05, 3.63) is 239 Å². The van der Waals surface area contributed by atoms with Crippen LogP contribution < -0.4 is 37.9 Å². The number of unbranched alkanes of at least 4 members (excludes halogenated alkanes) is 12. The molecule has 8 aliphatic rings. The Hall–Kier alpha value is -8.16. The lowest BCUT2D eigenvalue weighted by molar-refractivity contribution is -0.172. The third kappa shape index (κ3) is 40.9. The molecule has 0 saturated carbocycles. The van der Waals surface area contributed by atoms with Crippen LogP contribution in [0, 0.1) is 67.0 Å². The van der Waals surface area contributed by atoms with E-state index in [1.165, 1.54) is 141 Å². The molecule has 0 radical (unpaired) electrons. The van der Waals surface area contributed by atoms with Crippen LogP contribution in [-0.2, 0) is 37.9 Å². The zero-order chi connectivity index (χ0) is 109. The van der Waals surface area contributed by atoms with Gasteiger partial charge < -0.3 is 75.8 Å². The molecule has 8 saturated heterocycles. The first-order chi connectivity index (χ1) is 71.5. The normalized spacial score (nSPS) is 21.6. The molecule has 0 amide bonds. The predicted molar refractivity (Wildman–Crippen MR) is 619 cm³/mol. The fraction of sp³-hybridized carbons (Fsp3) is 0.642. The average molecular weight is 2070 g/mol. The van der Waals surface area contributed by atoms with E-state index in [2.05, 4.69) is 359 Å². The topological polar surface area (TPSA) is 148 Å². The fourth-order valence-electron chi connectivity index (χ4n) is 19.7. The molecule has 0 aromatic heterocycles. The van der Waals surface area contributed by atoms with Crippen LogP contribution in [0.5, 0.6) is 46.0 Å². The first kappa shape index (κ1) is 125. The zero-order valence-corrected chi connectivity index (χ0v) is 99.0. The Kier molecular flexibility index (Phi) is 51.8. The van der Waals surface area contributed by atoms with Gasteiger partial charge in [-0.1, -0.05) is 381 Å². The van der Waals surface area contributed by atoms with Crippen molar-refractivity contribution in [1.29, 1.82) is 0 Å². The Morgan fingerprint density at radius 2 is 0.420 bits per heavy atom. The highest BCUT2D eigenvalue weighted by Crippen LogP contribution is 2.53. The number of hydrogen-bond acceptors (Lipinski definition) is 16. The molecule has 8 fully saturated rings. The number of ether oxygens (including phenoxy) is 16. The van der Waals surface area contributed by atoms with Crippen LogP contribution in [0.25, 0.3) is 0 Å². The second kappa shape index (κ2) is 62.0. The van der Waals surface area contributed by atoms with Crippen LogP contribution in [0.2, 0.25) is 0 Å². The van der Waals surface area contributed by atoms with E-state index in [1.807, 2.05) is 36.4 Å². The summed E-state index contributed by atoms with van der Waals surface area (Å²) in [5.74, 6) is 10.3. The van der Waals surface area contributed by atoms with E-state index in [0.717, 1.165) is 184 Å². The van der Waals surface area contributed by atoms with E-state index in [0.29, 0.717) is 23.7 Å². The maximum Gasteiger partial charge on any atom is 0.119 e. The summed E-state index contributed by atoms with van der Waals surface area (Å²) in [6.45, 7) is 77.1. The van der Waals surface area contributed by atoms with Crippen LogP contribution in [0.3, 0.4) is 0 Å². The molecule has 8 aromatic carbocycles. The van der Waals surface area contributed by atoms with Gasteiger partial charge in [0.2, 0.25) is 0 Å². The van der Waals surface area contributed by atoms with Gasteiger partial charge in [-0.25, -0.2) is 0 Å². The maximum atomic E-state index is 5.95. The van der Waals surface area contributed by atoms with Crippen LogP contribution in [-0.4, -0.2) is 105 Å². The summed E-state index contributed by atoms with van der Waals surface area (Å²) >= 11 is 0. The smallest absolute Gasteiger partial charge is 0.119 e. The minimum absolute atomic E-state index is 0.231. The Labute approximate surface area is 911 Å². The molecule has 10 unspecified atom stereocenters. The van der Waals surface area contributed by atoms with Gasteiger partial charge >= 0.3 is 0 Å². The van der Waals surface area contributed by atoms with Gasteiger partial charge in [0.1, 0.15) is 46.0 Å². The quantitative estimate of drug-likeness (QED) is 0.0333. The third-order valence-corrected chi connectivity index (χ3v) is 29.7. The van der Waals surface area contributed by atoms with Crippen LogP contribution in [0.15, 0.2) is 194 Å². The van der Waals surface area contributed by atoms with Gasteiger partial charge in [0.15, 0.2) is 0 Å². The molecular weight excluding hydrogens is 1870 g/mol. The lowest BCUT2D eigenvalue weighted by Crippen LogP contribution is -2.40. The van der Waals surface area contributed by atoms with Gasteiger partial charge in [-0.3, -0.25) is 0 Å². The summed E-state index contributed by atoms with van der Waals surface area (Å²) in [6.07, 6.45) is 28.1. The summed E-state index contributed by atoms with van der Waals surface area (Å²) < 4.78 is 91.4. The fourth-order valence-corrected chi connectivity index (χ4v) is 19.7. The van der Waals surface area contributed by atoms with E-state index < -0.39 is 0 Å². The van der Waals surface area contributed by atoms with E-state index in [-0.39, 0.29) is 98.3 Å². The molecule has 836 valence electrons. The summed E-state index contributed by atoms with van der Waals surface area (Å²) in [5, 5.41) is 0. The van der Waals surface area contributed by atoms with Crippen molar-refractivity contribution in [3.63, 3.8) is 0 Å².